The maximum absolute atomic E-state index is 2.74. The van der Waals surface area contributed by atoms with Crippen LogP contribution in [-0.4, -0.2) is 0 Å². The van der Waals surface area contributed by atoms with Gasteiger partial charge in [0.25, 0.3) is 0 Å². The average Bonchev–Trinajstić information content (AvgIpc) is 2.97. The van der Waals surface area contributed by atoms with Gasteiger partial charge in [0.05, 0.1) is 0 Å². The highest BCUT2D eigenvalue weighted by Crippen LogP contribution is 2.71. The van der Waals surface area contributed by atoms with Crippen molar-refractivity contribution in [2.75, 3.05) is 0 Å². The molecule has 0 N–H and O–H groups in total. The molecule has 4 saturated carbocycles. The maximum atomic E-state index is 2.74. The van der Waals surface area contributed by atoms with Crippen LogP contribution >= 0.6 is 0 Å². The summed E-state index contributed by atoms with van der Waals surface area (Å²) in [6, 6.07) is 0. The molecule has 0 aromatic heterocycles. The lowest BCUT2D eigenvalue weighted by atomic mass is 9.40. The molecule has 0 heteroatoms. The SMILES string of the molecule is CC(C)CCC(C)C1CCC2C3CCC4(C)CCCCC4(C)C3CCC12C. The van der Waals surface area contributed by atoms with Crippen molar-refractivity contribution < 1.29 is 0 Å². The molecule has 0 radical (unpaired) electrons. The summed E-state index contributed by atoms with van der Waals surface area (Å²) in [4.78, 5) is 0. The van der Waals surface area contributed by atoms with Crippen LogP contribution in [0.2, 0.25) is 0 Å². The molecule has 8 unspecified atom stereocenters. The molecule has 4 aliphatic rings. The van der Waals surface area contributed by atoms with E-state index in [0.717, 1.165) is 35.5 Å². The summed E-state index contributed by atoms with van der Waals surface area (Å²) in [5.41, 5.74) is 1.97. The van der Waals surface area contributed by atoms with E-state index >= 15 is 0 Å². The third kappa shape index (κ3) is 3.06. The molecular formula is C27H48. The molecule has 4 rings (SSSR count). The van der Waals surface area contributed by atoms with E-state index < -0.39 is 0 Å². The third-order valence-electron chi connectivity index (χ3n) is 11.3. The van der Waals surface area contributed by atoms with Crippen LogP contribution < -0.4 is 0 Å². The smallest absolute Gasteiger partial charge is 0.0241 e. The first-order chi connectivity index (χ1) is 12.7. The zero-order valence-corrected chi connectivity index (χ0v) is 19.4. The monoisotopic (exact) mass is 372 g/mol. The van der Waals surface area contributed by atoms with Gasteiger partial charge in [0, 0.05) is 0 Å². The Kier molecular flexibility index (Phi) is 5.30. The summed E-state index contributed by atoms with van der Waals surface area (Å²) in [6.07, 6.45) is 18.2. The van der Waals surface area contributed by atoms with Gasteiger partial charge >= 0.3 is 0 Å². The van der Waals surface area contributed by atoms with Crippen LogP contribution in [0.15, 0.2) is 0 Å². The van der Waals surface area contributed by atoms with Crippen LogP contribution in [0.4, 0.5) is 0 Å². The highest BCUT2D eigenvalue weighted by Gasteiger charge is 2.62. The first kappa shape index (κ1) is 20.3. The Morgan fingerprint density at radius 2 is 1.48 bits per heavy atom. The van der Waals surface area contributed by atoms with Crippen molar-refractivity contribution in [3.05, 3.63) is 0 Å². The molecule has 4 aliphatic carbocycles. The lowest BCUT2D eigenvalue weighted by Crippen LogP contribution is -2.56. The van der Waals surface area contributed by atoms with E-state index in [1.807, 2.05) is 0 Å². The van der Waals surface area contributed by atoms with E-state index in [2.05, 4.69) is 41.5 Å². The molecule has 0 nitrogen and oxygen atoms in total. The molecular weight excluding hydrogens is 324 g/mol. The summed E-state index contributed by atoms with van der Waals surface area (Å²) in [6.45, 7) is 15.6. The van der Waals surface area contributed by atoms with E-state index in [0.29, 0.717) is 16.2 Å². The fraction of sp³-hybridized carbons (Fsp3) is 1.00. The third-order valence-corrected chi connectivity index (χ3v) is 11.3. The second-order valence-electron chi connectivity index (χ2n) is 12.8. The van der Waals surface area contributed by atoms with Crippen LogP contribution in [-0.2, 0) is 0 Å². The van der Waals surface area contributed by atoms with Crippen LogP contribution in [0.3, 0.4) is 0 Å². The van der Waals surface area contributed by atoms with E-state index in [4.69, 9.17) is 0 Å². The Morgan fingerprint density at radius 3 is 2.22 bits per heavy atom. The average molecular weight is 373 g/mol. The van der Waals surface area contributed by atoms with Crippen LogP contribution in [0.25, 0.3) is 0 Å². The second-order valence-corrected chi connectivity index (χ2v) is 12.8. The Bertz CT molecular complexity index is 534. The van der Waals surface area contributed by atoms with Crippen molar-refractivity contribution in [1.82, 2.24) is 0 Å². The molecule has 8 atom stereocenters. The van der Waals surface area contributed by atoms with Crippen molar-refractivity contribution in [2.24, 2.45) is 51.8 Å². The van der Waals surface area contributed by atoms with E-state index in [9.17, 15) is 0 Å². The van der Waals surface area contributed by atoms with Gasteiger partial charge in [-0.05, 0) is 103 Å². The molecule has 0 aromatic carbocycles. The summed E-state index contributed by atoms with van der Waals surface area (Å²) in [5.74, 6) is 5.97. The zero-order valence-electron chi connectivity index (χ0n) is 19.4. The van der Waals surface area contributed by atoms with Gasteiger partial charge in [-0.25, -0.2) is 0 Å². The van der Waals surface area contributed by atoms with Crippen molar-refractivity contribution in [2.45, 2.75) is 119 Å². The number of fused-ring (bicyclic) bond motifs is 5. The Hall–Kier alpha value is 0. The lowest BCUT2D eigenvalue weighted by Gasteiger charge is -2.65. The Morgan fingerprint density at radius 1 is 0.741 bits per heavy atom. The molecule has 156 valence electrons. The molecule has 4 fully saturated rings. The fourth-order valence-corrected chi connectivity index (χ4v) is 9.38. The largest absolute Gasteiger partial charge is 0.0628 e. The lowest BCUT2D eigenvalue weighted by molar-refractivity contribution is -0.154. The normalized spacial score (nSPS) is 50.8. The standard InChI is InChI=1S/C27H48/c1-19(2)9-10-20(3)22-11-12-23-21-13-17-25(4)15-7-8-16-27(25,6)24(21)14-18-26(22,23)5/h19-24H,7-18H2,1-6H3. The van der Waals surface area contributed by atoms with Crippen molar-refractivity contribution in [3.8, 4) is 0 Å². The fourth-order valence-electron chi connectivity index (χ4n) is 9.38. The molecule has 0 saturated heterocycles. The number of rotatable bonds is 4. The van der Waals surface area contributed by atoms with Crippen molar-refractivity contribution >= 4 is 0 Å². The predicted octanol–water partition coefficient (Wildman–Crippen LogP) is 8.50. The summed E-state index contributed by atoms with van der Waals surface area (Å²) < 4.78 is 0. The van der Waals surface area contributed by atoms with Crippen LogP contribution in [0, 0.1) is 51.8 Å². The van der Waals surface area contributed by atoms with Crippen molar-refractivity contribution in [1.29, 1.82) is 0 Å². The molecule has 0 heterocycles. The van der Waals surface area contributed by atoms with Crippen LogP contribution in [0.1, 0.15) is 119 Å². The number of hydrogen-bond acceptors (Lipinski definition) is 0. The van der Waals surface area contributed by atoms with Crippen molar-refractivity contribution in [3.63, 3.8) is 0 Å². The number of hydrogen-bond donors (Lipinski definition) is 0. The van der Waals surface area contributed by atoms with E-state index in [1.54, 1.807) is 25.7 Å². The highest BCUT2D eigenvalue weighted by atomic mass is 14.7. The van der Waals surface area contributed by atoms with Gasteiger partial charge in [0.15, 0.2) is 0 Å². The van der Waals surface area contributed by atoms with Crippen LogP contribution in [0.5, 0.6) is 0 Å². The van der Waals surface area contributed by atoms with Gasteiger partial charge in [0.2, 0.25) is 0 Å². The van der Waals surface area contributed by atoms with Gasteiger partial charge in [-0.15, -0.1) is 0 Å². The zero-order chi connectivity index (χ0) is 19.4. The summed E-state index contributed by atoms with van der Waals surface area (Å²) in [7, 11) is 0. The van der Waals surface area contributed by atoms with E-state index in [-0.39, 0.29) is 0 Å². The first-order valence-electron chi connectivity index (χ1n) is 12.7. The minimum absolute atomic E-state index is 0.650. The second kappa shape index (κ2) is 7.05. The van der Waals surface area contributed by atoms with Gasteiger partial charge in [-0.3, -0.25) is 0 Å². The molecule has 0 spiro atoms. The molecule has 27 heavy (non-hydrogen) atoms. The summed E-state index contributed by atoms with van der Waals surface area (Å²) >= 11 is 0. The minimum atomic E-state index is 0.650. The van der Waals surface area contributed by atoms with Gasteiger partial charge in [-0.2, -0.15) is 0 Å². The quantitative estimate of drug-likeness (QED) is 0.464. The van der Waals surface area contributed by atoms with Gasteiger partial charge < -0.3 is 0 Å². The molecule has 0 amide bonds. The highest BCUT2D eigenvalue weighted by molar-refractivity contribution is 5.12. The summed E-state index contributed by atoms with van der Waals surface area (Å²) in [5, 5.41) is 0. The minimum Gasteiger partial charge on any atom is -0.0628 e. The molecule has 0 aromatic rings. The van der Waals surface area contributed by atoms with E-state index in [1.165, 1.54) is 51.4 Å². The first-order valence-corrected chi connectivity index (χ1v) is 12.7. The Labute approximate surface area is 170 Å². The van der Waals surface area contributed by atoms with Gasteiger partial charge in [-0.1, -0.05) is 67.2 Å². The topological polar surface area (TPSA) is 0 Å². The molecule has 0 bridgehead atoms. The van der Waals surface area contributed by atoms with Gasteiger partial charge in [0.1, 0.15) is 0 Å². The predicted molar refractivity (Wildman–Crippen MR) is 118 cm³/mol. The molecule has 0 aliphatic heterocycles. The maximum Gasteiger partial charge on any atom is -0.0241 e. The Balaban J connectivity index is 1.53.